The van der Waals surface area contributed by atoms with Crippen LogP contribution in [0.15, 0.2) is 0 Å². The molecule has 0 aromatic heterocycles. The predicted molar refractivity (Wildman–Crippen MR) is 60.8 cm³/mol. The van der Waals surface area contributed by atoms with Crippen molar-refractivity contribution in [3.63, 3.8) is 0 Å². The maximum atomic E-state index is 11.2. The van der Waals surface area contributed by atoms with Crippen LogP contribution in [0.25, 0.3) is 0 Å². The number of aliphatic hydroxyl groups excluding tert-OH is 1. The second kappa shape index (κ2) is 5.64. The number of carbonyl (C=O) groups excluding carboxylic acids is 1. The van der Waals surface area contributed by atoms with E-state index in [1.165, 1.54) is 6.42 Å². The molecule has 0 aliphatic heterocycles. The topological polar surface area (TPSA) is 69.4 Å². The van der Waals surface area contributed by atoms with E-state index in [0.29, 0.717) is 17.8 Å². The van der Waals surface area contributed by atoms with Crippen molar-refractivity contribution in [3.05, 3.63) is 0 Å². The summed E-state index contributed by atoms with van der Waals surface area (Å²) in [4.78, 5) is 11.2. The van der Waals surface area contributed by atoms with Crippen LogP contribution in [-0.2, 0) is 9.53 Å². The lowest BCUT2D eigenvalue weighted by molar-refractivity contribution is -0.184. The predicted octanol–water partition coefficient (Wildman–Crippen LogP) is 1.03. The van der Waals surface area contributed by atoms with E-state index in [1.807, 2.05) is 0 Å². The van der Waals surface area contributed by atoms with Crippen LogP contribution in [0.5, 0.6) is 0 Å². The van der Waals surface area contributed by atoms with Crippen molar-refractivity contribution >= 4 is 5.97 Å². The second-order valence-electron chi connectivity index (χ2n) is 5.20. The third kappa shape index (κ3) is 3.46. The van der Waals surface area contributed by atoms with E-state index in [1.54, 1.807) is 0 Å². The van der Waals surface area contributed by atoms with Crippen LogP contribution >= 0.6 is 0 Å². The molecule has 0 radical (unpaired) electrons. The van der Waals surface area contributed by atoms with Gasteiger partial charge in [-0.25, -0.2) is 4.79 Å². The number of carbonyl (C=O) groups is 1. The van der Waals surface area contributed by atoms with Crippen molar-refractivity contribution in [2.24, 2.45) is 17.8 Å². The minimum Gasteiger partial charge on any atom is -0.454 e. The molecule has 0 heterocycles. The Morgan fingerprint density at radius 3 is 2.56 bits per heavy atom. The van der Waals surface area contributed by atoms with Crippen LogP contribution in [0.3, 0.4) is 0 Å². The Kier molecular flexibility index (Phi) is 4.74. The highest BCUT2D eigenvalue weighted by Gasteiger charge is 2.35. The lowest BCUT2D eigenvalue weighted by Crippen LogP contribution is -2.38. The quantitative estimate of drug-likeness (QED) is 0.448. The van der Waals surface area contributed by atoms with Crippen LogP contribution < -0.4 is 0 Å². The third-order valence-electron chi connectivity index (χ3n) is 3.45. The summed E-state index contributed by atoms with van der Waals surface area (Å²) in [7, 11) is 0. The molecule has 1 rings (SSSR count). The van der Waals surface area contributed by atoms with Gasteiger partial charge in [-0.15, -0.1) is 0 Å². The Morgan fingerprint density at radius 2 is 2.06 bits per heavy atom. The van der Waals surface area contributed by atoms with Gasteiger partial charge in [0, 0.05) is 0 Å². The maximum Gasteiger partial charge on any atom is 0.418 e. The number of rotatable bonds is 3. The average Bonchev–Trinajstić information content (AvgIpc) is 2.16. The van der Waals surface area contributed by atoms with E-state index in [0.717, 1.165) is 12.8 Å². The number of hydrogen-bond acceptors (Lipinski definition) is 3. The van der Waals surface area contributed by atoms with Gasteiger partial charge in [0.1, 0.15) is 6.10 Å². The Bertz CT molecular complexity index is 237. The van der Waals surface area contributed by atoms with Gasteiger partial charge in [0.2, 0.25) is 0 Å². The van der Waals surface area contributed by atoms with Crippen LogP contribution in [0.2, 0.25) is 0 Å². The van der Waals surface area contributed by atoms with Gasteiger partial charge in [0.25, 0.3) is 0 Å². The molecule has 1 aliphatic carbocycles. The van der Waals surface area contributed by atoms with Crippen molar-refractivity contribution in [2.75, 3.05) is 0 Å². The molecule has 0 aromatic carbocycles. The van der Waals surface area contributed by atoms with Gasteiger partial charge in [0.05, 0.1) is 0 Å². The number of hydrogen-bond donors (Lipinski definition) is 1. The highest BCUT2D eigenvalue weighted by molar-refractivity contribution is 5.72. The van der Waals surface area contributed by atoms with Crippen LogP contribution in [0.1, 0.15) is 40.0 Å². The Morgan fingerprint density at radius 1 is 1.44 bits per heavy atom. The van der Waals surface area contributed by atoms with Crippen molar-refractivity contribution in [1.29, 1.82) is 0 Å². The summed E-state index contributed by atoms with van der Waals surface area (Å²) in [6, 6.07) is 0. The van der Waals surface area contributed by atoms with E-state index in [-0.39, 0.29) is 6.10 Å². The van der Waals surface area contributed by atoms with Gasteiger partial charge in [-0.1, -0.05) is 27.2 Å². The van der Waals surface area contributed by atoms with Crippen molar-refractivity contribution in [1.82, 2.24) is 0 Å². The van der Waals surface area contributed by atoms with Crippen LogP contribution in [-0.4, -0.2) is 28.6 Å². The molecule has 16 heavy (non-hydrogen) atoms. The molecule has 94 valence electrons. The minimum atomic E-state index is -1.76. The monoisotopic (exact) mass is 231 g/mol. The molecular weight excluding hydrogens is 208 g/mol. The zero-order valence-electron chi connectivity index (χ0n) is 10.3. The lowest BCUT2D eigenvalue weighted by Gasteiger charge is -2.36. The molecule has 0 bridgehead atoms. The highest BCUT2D eigenvalue weighted by Crippen LogP contribution is 2.35. The minimum absolute atomic E-state index is 0.128. The molecule has 3 N–H and O–H groups in total. The SMILES string of the molecule is CC(C)[C@@H]1CC[C@@H](C)C[C@H]1OC(=O)C(O)[OH2+]. The lowest BCUT2D eigenvalue weighted by atomic mass is 9.75. The van der Waals surface area contributed by atoms with Crippen molar-refractivity contribution in [2.45, 2.75) is 52.4 Å². The fourth-order valence-corrected chi connectivity index (χ4v) is 2.46. The normalized spacial score (nSPS) is 32.5. The van der Waals surface area contributed by atoms with E-state index >= 15 is 0 Å². The number of ether oxygens (including phenoxy) is 1. The second-order valence-corrected chi connectivity index (χ2v) is 5.20. The summed E-state index contributed by atoms with van der Waals surface area (Å²) in [6.45, 7) is 6.39. The first-order chi connectivity index (χ1) is 7.41. The van der Waals surface area contributed by atoms with E-state index in [9.17, 15) is 4.79 Å². The first kappa shape index (κ1) is 13.5. The molecule has 1 saturated carbocycles. The van der Waals surface area contributed by atoms with Gasteiger partial charge in [-0.3, -0.25) is 0 Å². The molecule has 1 unspecified atom stereocenters. The van der Waals surface area contributed by atoms with E-state index in [4.69, 9.17) is 14.9 Å². The molecule has 4 atom stereocenters. The molecular formula is C12H23O4+. The van der Waals surface area contributed by atoms with Crippen LogP contribution in [0.4, 0.5) is 0 Å². The fourth-order valence-electron chi connectivity index (χ4n) is 2.46. The Labute approximate surface area is 96.6 Å². The molecule has 1 fully saturated rings. The van der Waals surface area contributed by atoms with Gasteiger partial charge < -0.3 is 14.9 Å². The summed E-state index contributed by atoms with van der Waals surface area (Å²) in [6.07, 6.45) is 1.19. The Hall–Kier alpha value is -0.610. The van der Waals surface area contributed by atoms with Gasteiger partial charge in [-0.05, 0) is 30.6 Å². The first-order valence-electron chi connectivity index (χ1n) is 6.01. The summed E-state index contributed by atoms with van der Waals surface area (Å²) in [5, 5.41) is 15.7. The Balaban J connectivity index is 2.61. The zero-order valence-corrected chi connectivity index (χ0v) is 10.3. The highest BCUT2D eigenvalue weighted by atomic mass is 16.6. The van der Waals surface area contributed by atoms with Crippen molar-refractivity contribution in [3.8, 4) is 0 Å². The summed E-state index contributed by atoms with van der Waals surface area (Å²) in [5.41, 5.74) is 0. The molecule has 0 spiro atoms. The molecule has 0 saturated heterocycles. The fraction of sp³-hybridized carbons (Fsp3) is 0.917. The van der Waals surface area contributed by atoms with E-state index in [2.05, 4.69) is 20.8 Å². The largest absolute Gasteiger partial charge is 0.454 e. The molecule has 4 heteroatoms. The molecule has 0 amide bonds. The summed E-state index contributed by atoms with van der Waals surface area (Å²) in [5.74, 6) is 0.563. The molecule has 0 aromatic rings. The van der Waals surface area contributed by atoms with Crippen molar-refractivity contribution < 1.29 is 19.7 Å². The standard InChI is InChI=1S/C12H22O4/c1-7(2)9-5-4-8(3)6-10(9)16-12(15)11(13)14/h7-11,13-14H,4-6H2,1-3H3/p+1/t8-,9+,10-/m1/s1. The average molecular weight is 231 g/mol. The third-order valence-corrected chi connectivity index (χ3v) is 3.45. The number of esters is 1. The van der Waals surface area contributed by atoms with Gasteiger partial charge in [-0.2, -0.15) is 0 Å². The smallest absolute Gasteiger partial charge is 0.418 e. The summed E-state index contributed by atoms with van der Waals surface area (Å²) < 4.78 is 5.22. The molecule has 1 aliphatic rings. The maximum absolute atomic E-state index is 11.2. The van der Waals surface area contributed by atoms with Gasteiger partial charge >= 0.3 is 12.3 Å². The first-order valence-corrected chi connectivity index (χ1v) is 6.01. The zero-order chi connectivity index (χ0) is 12.3. The van der Waals surface area contributed by atoms with E-state index < -0.39 is 12.3 Å². The molecule has 4 nitrogen and oxygen atoms in total. The van der Waals surface area contributed by atoms with Gasteiger partial charge in [0.15, 0.2) is 0 Å². The van der Waals surface area contributed by atoms with Crippen LogP contribution in [0, 0.1) is 17.8 Å². The number of aliphatic hydroxyl groups is 1. The summed E-state index contributed by atoms with van der Waals surface area (Å²) >= 11 is 0.